The molecule has 0 spiro atoms. The number of hydrogen-bond acceptors (Lipinski definition) is 5. The molecule has 0 atom stereocenters. The van der Waals surface area contributed by atoms with Crippen LogP contribution in [-0.4, -0.2) is 44.1 Å². The van der Waals surface area contributed by atoms with Crippen LogP contribution in [0.15, 0.2) is 0 Å². The van der Waals surface area contributed by atoms with Crippen molar-refractivity contribution in [3.8, 4) is 0 Å². The van der Waals surface area contributed by atoms with Gasteiger partial charge in [-0.25, -0.2) is 26.7 Å². The SMILES string of the molecule is CS(=O)(=O)OCCO.O=C(O)c1c(F)c(F)c(F)c(F)c1F. The summed E-state index contributed by atoms with van der Waals surface area (Å²) in [5.41, 5.74) is -1.86. The summed E-state index contributed by atoms with van der Waals surface area (Å²) in [5.74, 6) is -13.9. The van der Waals surface area contributed by atoms with Gasteiger partial charge in [0, 0.05) is 0 Å². The number of hydrogen-bond donors (Lipinski definition) is 2. The van der Waals surface area contributed by atoms with Crippen LogP contribution in [0.2, 0.25) is 0 Å². The van der Waals surface area contributed by atoms with Gasteiger partial charge in [-0.15, -0.1) is 0 Å². The minimum atomic E-state index is -3.35. The Balaban J connectivity index is 0.000000472. The van der Waals surface area contributed by atoms with E-state index in [1.165, 1.54) is 0 Å². The van der Waals surface area contributed by atoms with Crippen LogP contribution in [0.4, 0.5) is 22.0 Å². The molecule has 12 heteroatoms. The van der Waals surface area contributed by atoms with Crippen molar-refractivity contribution in [2.75, 3.05) is 19.5 Å². The van der Waals surface area contributed by atoms with Gasteiger partial charge in [0.1, 0.15) is 5.56 Å². The van der Waals surface area contributed by atoms with Crippen LogP contribution in [0.5, 0.6) is 0 Å². The molecule has 126 valence electrons. The van der Waals surface area contributed by atoms with E-state index in [9.17, 15) is 35.2 Å². The summed E-state index contributed by atoms with van der Waals surface area (Å²) in [6.45, 7) is -0.425. The van der Waals surface area contributed by atoms with E-state index in [-0.39, 0.29) is 13.2 Å². The predicted octanol–water partition coefficient (Wildman–Crippen LogP) is 1.04. The van der Waals surface area contributed by atoms with Gasteiger partial charge in [0.25, 0.3) is 10.1 Å². The third-order valence-corrected chi connectivity index (χ3v) is 2.41. The molecule has 6 nitrogen and oxygen atoms in total. The summed E-state index contributed by atoms with van der Waals surface area (Å²) in [5, 5.41) is 16.2. The molecule has 1 rings (SSSR count). The third-order valence-electron chi connectivity index (χ3n) is 1.81. The van der Waals surface area contributed by atoms with Crippen molar-refractivity contribution >= 4 is 16.1 Å². The molecule has 0 aromatic heterocycles. The maximum absolute atomic E-state index is 12.6. The van der Waals surface area contributed by atoms with Crippen molar-refractivity contribution in [1.29, 1.82) is 0 Å². The molecule has 2 N–H and O–H groups in total. The van der Waals surface area contributed by atoms with Crippen molar-refractivity contribution in [2.45, 2.75) is 0 Å². The van der Waals surface area contributed by atoms with E-state index in [1.807, 2.05) is 0 Å². The van der Waals surface area contributed by atoms with Crippen LogP contribution in [0, 0.1) is 29.1 Å². The van der Waals surface area contributed by atoms with E-state index in [0.29, 0.717) is 0 Å². The summed E-state index contributed by atoms with van der Waals surface area (Å²) >= 11 is 0. The molecule has 0 saturated carbocycles. The molecular formula is C10H9F5O6S. The number of carboxylic acids is 1. The van der Waals surface area contributed by atoms with E-state index in [4.69, 9.17) is 10.2 Å². The van der Waals surface area contributed by atoms with Crippen molar-refractivity contribution < 1.29 is 49.6 Å². The van der Waals surface area contributed by atoms with Crippen LogP contribution < -0.4 is 0 Å². The van der Waals surface area contributed by atoms with Crippen LogP contribution >= 0.6 is 0 Å². The highest BCUT2D eigenvalue weighted by Gasteiger charge is 2.29. The van der Waals surface area contributed by atoms with E-state index in [0.717, 1.165) is 6.26 Å². The van der Waals surface area contributed by atoms with Crippen molar-refractivity contribution in [3.05, 3.63) is 34.6 Å². The van der Waals surface area contributed by atoms with E-state index in [1.54, 1.807) is 0 Å². The number of aromatic carboxylic acids is 1. The van der Waals surface area contributed by atoms with Gasteiger partial charge >= 0.3 is 5.97 Å². The van der Waals surface area contributed by atoms with Crippen LogP contribution in [-0.2, 0) is 14.3 Å². The fourth-order valence-corrected chi connectivity index (χ4v) is 1.36. The first-order valence-electron chi connectivity index (χ1n) is 5.14. The first-order chi connectivity index (χ1) is 9.94. The molecule has 0 heterocycles. The third kappa shape index (κ3) is 5.54. The Morgan fingerprint density at radius 2 is 1.36 bits per heavy atom. The predicted molar refractivity (Wildman–Crippen MR) is 61.1 cm³/mol. The average Bonchev–Trinajstić information content (AvgIpc) is 2.40. The second-order valence-electron chi connectivity index (χ2n) is 3.50. The monoisotopic (exact) mass is 352 g/mol. The maximum Gasteiger partial charge on any atom is 0.341 e. The molecule has 0 aliphatic rings. The van der Waals surface area contributed by atoms with Gasteiger partial charge < -0.3 is 10.2 Å². The number of aliphatic hydroxyl groups is 1. The molecule has 0 fully saturated rings. The fourth-order valence-electron chi connectivity index (χ4n) is 0.981. The molecule has 0 bridgehead atoms. The topological polar surface area (TPSA) is 101 Å². The summed E-state index contributed by atoms with van der Waals surface area (Å²) in [4.78, 5) is 10.1. The standard InChI is InChI=1S/C7HF5O2.C3H8O4S/c8-2-1(7(13)14)3(9)5(11)6(12)4(2)10;1-8(5,6)7-3-2-4/h(H,13,14);4H,2-3H2,1H3. The highest BCUT2D eigenvalue weighted by molar-refractivity contribution is 7.85. The minimum Gasteiger partial charge on any atom is -0.477 e. The minimum absolute atomic E-state index is 0.154. The van der Waals surface area contributed by atoms with Crippen molar-refractivity contribution in [2.24, 2.45) is 0 Å². The zero-order valence-electron chi connectivity index (χ0n) is 10.7. The van der Waals surface area contributed by atoms with Gasteiger partial charge in [0.2, 0.25) is 5.82 Å². The summed E-state index contributed by atoms with van der Waals surface area (Å²) < 4.78 is 86.3. The van der Waals surface area contributed by atoms with Gasteiger partial charge in [0.15, 0.2) is 23.3 Å². The van der Waals surface area contributed by atoms with Crippen LogP contribution in [0.3, 0.4) is 0 Å². The van der Waals surface area contributed by atoms with Gasteiger partial charge in [-0.05, 0) is 0 Å². The Bertz CT molecular complexity index is 631. The Morgan fingerprint density at radius 3 is 1.59 bits per heavy atom. The molecule has 0 aliphatic carbocycles. The van der Waals surface area contributed by atoms with E-state index >= 15 is 0 Å². The van der Waals surface area contributed by atoms with Crippen LogP contribution in [0.25, 0.3) is 0 Å². The smallest absolute Gasteiger partial charge is 0.341 e. The normalized spacial score (nSPS) is 10.9. The van der Waals surface area contributed by atoms with E-state index < -0.39 is 50.7 Å². The molecule has 22 heavy (non-hydrogen) atoms. The molecule has 1 aromatic rings. The van der Waals surface area contributed by atoms with Crippen LogP contribution in [0.1, 0.15) is 10.4 Å². The molecular weight excluding hydrogens is 343 g/mol. The quantitative estimate of drug-likeness (QED) is 0.363. The fraction of sp³-hybridized carbons (Fsp3) is 0.300. The van der Waals surface area contributed by atoms with Gasteiger partial charge in [-0.1, -0.05) is 0 Å². The average molecular weight is 352 g/mol. The highest BCUT2D eigenvalue weighted by Crippen LogP contribution is 2.22. The lowest BCUT2D eigenvalue weighted by Gasteiger charge is -2.03. The summed E-state index contributed by atoms with van der Waals surface area (Å²) in [7, 11) is -3.35. The van der Waals surface area contributed by atoms with E-state index in [2.05, 4.69) is 4.18 Å². The first kappa shape index (κ1) is 20.2. The summed E-state index contributed by atoms with van der Waals surface area (Å²) in [6, 6.07) is 0. The Hall–Kier alpha value is -1.79. The number of carbonyl (C=O) groups is 1. The second-order valence-corrected chi connectivity index (χ2v) is 5.14. The van der Waals surface area contributed by atoms with Crippen molar-refractivity contribution in [3.63, 3.8) is 0 Å². The molecule has 0 amide bonds. The second kappa shape index (κ2) is 8.00. The van der Waals surface area contributed by atoms with Crippen molar-refractivity contribution in [1.82, 2.24) is 0 Å². The Kier molecular flexibility index (Phi) is 7.35. The molecule has 0 radical (unpaired) electrons. The summed E-state index contributed by atoms with van der Waals surface area (Å²) in [6.07, 6.45) is 0.933. The largest absolute Gasteiger partial charge is 0.477 e. The molecule has 0 saturated heterocycles. The lowest BCUT2D eigenvalue weighted by atomic mass is 10.1. The van der Waals surface area contributed by atoms with Gasteiger partial charge in [0.05, 0.1) is 19.5 Å². The number of benzene rings is 1. The molecule has 1 aromatic carbocycles. The maximum atomic E-state index is 12.6. The molecule has 0 unspecified atom stereocenters. The van der Waals surface area contributed by atoms with Gasteiger partial charge in [-0.2, -0.15) is 8.42 Å². The lowest BCUT2D eigenvalue weighted by Crippen LogP contribution is -2.11. The Labute approximate surface area is 120 Å². The number of aliphatic hydroxyl groups excluding tert-OH is 1. The Morgan fingerprint density at radius 1 is 1.00 bits per heavy atom. The lowest BCUT2D eigenvalue weighted by molar-refractivity contribution is 0.0682. The van der Waals surface area contributed by atoms with Gasteiger partial charge in [-0.3, -0.25) is 4.18 Å². The number of carboxylic acid groups (broad SMARTS) is 1. The number of rotatable bonds is 4. The number of halogens is 5. The first-order valence-corrected chi connectivity index (χ1v) is 6.95. The molecule has 0 aliphatic heterocycles. The zero-order valence-corrected chi connectivity index (χ0v) is 11.6. The zero-order chi connectivity index (χ0) is 17.7. The highest BCUT2D eigenvalue weighted by atomic mass is 32.2.